The number of nitrogens with two attached hydrogens (primary N) is 2. The highest BCUT2D eigenvalue weighted by molar-refractivity contribution is 7.92. The first-order chi connectivity index (χ1) is 12.2. The lowest BCUT2D eigenvalue weighted by Crippen LogP contribution is -2.23. The molecule has 0 bridgehead atoms. The van der Waals surface area contributed by atoms with E-state index in [1.807, 2.05) is 6.07 Å². The Balaban J connectivity index is 2.08. The molecule has 26 heavy (non-hydrogen) atoms. The number of nitrogen functional groups attached to an aromatic ring is 2. The highest BCUT2D eigenvalue weighted by Gasteiger charge is 2.22. The number of rotatable bonds is 4. The minimum absolute atomic E-state index is 0.0215. The molecule has 136 valence electrons. The summed E-state index contributed by atoms with van der Waals surface area (Å²) in [4.78, 5) is 12.7. The Morgan fingerprint density at radius 2 is 1.65 bits per heavy atom. The summed E-state index contributed by atoms with van der Waals surface area (Å²) in [7, 11) is -2.31. The number of benzene rings is 2. The molecule has 0 spiro atoms. The van der Waals surface area contributed by atoms with Gasteiger partial charge in [-0.1, -0.05) is 18.2 Å². The molecule has 0 aliphatic rings. The summed E-state index contributed by atoms with van der Waals surface area (Å²) in [5.41, 5.74) is 12.4. The van der Waals surface area contributed by atoms with E-state index in [1.165, 1.54) is 22.9 Å². The molecule has 0 aliphatic carbocycles. The summed E-state index contributed by atoms with van der Waals surface area (Å²) in [6.45, 7) is 1.66. The second kappa shape index (κ2) is 6.26. The normalized spacial score (nSPS) is 11.5. The van der Waals surface area contributed by atoms with Crippen LogP contribution < -0.4 is 21.7 Å². The SMILES string of the molecule is Cc1c(NS(=O)(=O)c2ccc(N)c(N)c2)c(=O)n(-c2ccccc2)n1C. The molecule has 3 aromatic rings. The van der Waals surface area contributed by atoms with Crippen molar-refractivity contribution >= 4 is 27.1 Å². The molecule has 0 atom stereocenters. The zero-order valence-corrected chi connectivity index (χ0v) is 15.1. The summed E-state index contributed by atoms with van der Waals surface area (Å²) in [6.07, 6.45) is 0. The summed E-state index contributed by atoms with van der Waals surface area (Å²) in [5, 5.41) is 0. The van der Waals surface area contributed by atoms with Crippen molar-refractivity contribution in [1.29, 1.82) is 0 Å². The smallest absolute Gasteiger partial charge is 0.296 e. The molecule has 8 nitrogen and oxygen atoms in total. The lowest BCUT2D eigenvalue weighted by Gasteiger charge is -2.08. The Hall–Kier alpha value is -3.20. The maximum atomic E-state index is 12.8. The molecule has 0 saturated heterocycles. The van der Waals surface area contributed by atoms with Crippen LogP contribution in [0.1, 0.15) is 5.69 Å². The molecule has 0 amide bonds. The van der Waals surface area contributed by atoms with Crippen LogP contribution in [0.4, 0.5) is 17.1 Å². The van der Waals surface area contributed by atoms with E-state index >= 15 is 0 Å². The third-order valence-electron chi connectivity index (χ3n) is 4.16. The molecule has 0 saturated carbocycles. The molecule has 3 rings (SSSR count). The van der Waals surface area contributed by atoms with Crippen molar-refractivity contribution in [2.75, 3.05) is 16.2 Å². The van der Waals surface area contributed by atoms with Crippen LogP contribution in [-0.4, -0.2) is 17.8 Å². The quantitative estimate of drug-likeness (QED) is 0.597. The Bertz CT molecular complexity index is 1130. The highest BCUT2D eigenvalue weighted by atomic mass is 32.2. The van der Waals surface area contributed by atoms with Crippen molar-refractivity contribution in [3.05, 3.63) is 64.6 Å². The van der Waals surface area contributed by atoms with Crippen LogP contribution in [-0.2, 0) is 17.1 Å². The first-order valence-electron chi connectivity index (χ1n) is 7.74. The number of nitrogens with one attached hydrogen (secondary N) is 1. The summed E-state index contributed by atoms with van der Waals surface area (Å²) in [5.74, 6) is 0. The Labute approximate surface area is 150 Å². The molecular weight excluding hydrogens is 354 g/mol. The monoisotopic (exact) mass is 373 g/mol. The van der Waals surface area contributed by atoms with Crippen molar-refractivity contribution in [2.24, 2.45) is 7.05 Å². The molecule has 9 heteroatoms. The fourth-order valence-electron chi connectivity index (χ4n) is 2.60. The van der Waals surface area contributed by atoms with Crippen LogP contribution in [0.25, 0.3) is 5.69 Å². The fourth-order valence-corrected chi connectivity index (χ4v) is 3.75. The van der Waals surface area contributed by atoms with Crippen molar-refractivity contribution in [3.63, 3.8) is 0 Å². The van der Waals surface area contributed by atoms with E-state index in [9.17, 15) is 13.2 Å². The summed E-state index contributed by atoms with van der Waals surface area (Å²) >= 11 is 0. The van der Waals surface area contributed by atoms with Crippen LogP contribution in [0.3, 0.4) is 0 Å². The van der Waals surface area contributed by atoms with Gasteiger partial charge in [-0.05, 0) is 37.3 Å². The van der Waals surface area contributed by atoms with Gasteiger partial charge in [-0.15, -0.1) is 0 Å². The van der Waals surface area contributed by atoms with E-state index in [-0.39, 0.29) is 22.0 Å². The number of sulfonamides is 1. The van der Waals surface area contributed by atoms with Gasteiger partial charge in [0, 0.05) is 7.05 Å². The van der Waals surface area contributed by atoms with Crippen molar-refractivity contribution in [1.82, 2.24) is 9.36 Å². The van der Waals surface area contributed by atoms with Gasteiger partial charge in [0.05, 0.1) is 27.7 Å². The van der Waals surface area contributed by atoms with E-state index in [0.29, 0.717) is 11.4 Å². The number of nitrogens with zero attached hydrogens (tertiary/aromatic N) is 2. The van der Waals surface area contributed by atoms with E-state index in [4.69, 9.17) is 11.5 Å². The highest BCUT2D eigenvalue weighted by Crippen LogP contribution is 2.22. The number of anilines is 3. The van der Waals surface area contributed by atoms with E-state index in [0.717, 1.165) is 0 Å². The predicted octanol–water partition coefficient (Wildman–Crippen LogP) is 1.45. The number of hydrogen-bond donors (Lipinski definition) is 3. The van der Waals surface area contributed by atoms with Gasteiger partial charge >= 0.3 is 0 Å². The Morgan fingerprint density at radius 1 is 1.00 bits per heavy atom. The Kier molecular flexibility index (Phi) is 4.25. The maximum Gasteiger partial charge on any atom is 0.296 e. The number of para-hydroxylation sites is 1. The minimum atomic E-state index is -4.00. The second-order valence-corrected chi connectivity index (χ2v) is 7.52. The first kappa shape index (κ1) is 17.6. The average Bonchev–Trinajstić information content (AvgIpc) is 2.81. The molecule has 0 fully saturated rings. The molecular formula is C17H19N5O3S. The topological polar surface area (TPSA) is 125 Å². The summed E-state index contributed by atoms with van der Waals surface area (Å²) in [6, 6.07) is 13.0. The lowest BCUT2D eigenvalue weighted by molar-refractivity contribution is 0.601. The van der Waals surface area contributed by atoms with Crippen molar-refractivity contribution in [2.45, 2.75) is 11.8 Å². The zero-order chi connectivity index (χ0) is 19.1. The molecule has 0 radical (unpaired) electrons. The van der Waals surface area contributed by atoms with Gasteiger partial charge < -0.3 is 11.5 Å². The third kappa shape index (κ3) is 2.93. The van der Waals surface area contributed by atoms with E-state index < -0.39 is 15.6 Å². The average molecular weight is 373 g/mol. The van der Waals surface area contributed by atoms with Gasteiger partial charge in [-0.3, -0.25) is 14.2 Å². The molecule has 0 aliphatic heterocycles. The summed E-state index contributed by atoms with van der Waals surface area (Å²) < 4.78 is 30.7. The Morgan fingerprint density at radius 3 is 2.27 bits per heavy atom. The maximum absolute atomic E-state index is 12.8. The fraction of sp³-hybridized carbons (Fsp3) is 0.118. The van der Waals surface area contributed by atoms with Gasteiger partial charge in [0.15, 0.2) is 0 Å². The van der Waals surface area contributed by atoms with Crippen LogP contribution in [0.15, 0.2) is 58.2 Å². The van der Waals surface area contributed by atoms with E-state index in [2.05, 4.69) is 4.72 Å². The number of hydrogen-bond acceptors (Lipinski definition) is 5. The molecule has 2 aromatic carbocycles. The van der Waals surface area contributed by atoms with Crippen LogP contribution >= 0.6 is 0 Å². The van der Waals surface area contributed by atoms with Gasteiger partial charge in [-0.2, -0.15) is 0 Å². The molecule has 1 aromatic heterocycles. The standard InChI is InChI=1S/C17H19N5O3S/c1-11-16(17(23)22(21(11)2)12-6-4-3-5-7-12)20-26(24,25)13-8-9-14(18)15(19)10-13/h3-10,20H,18-19H2,1-2H3. The van der Waals surface area contributed by atoms with Crippen molar-refractivity contribution < 1.29 is 8.42 Å². The minimum Gasteiger partial charge on any atom is -0.397 e. The number of aromatic nitrogens is 2. The van der Waals surface area contributed by atoms with Gasteiger partial charge in [0.25, 0.3) is 15.6 Å². The predicted molar refractivity (Wildman–Crippen MR) is 102 cm³/mol. The van der Waals surface area contributed by atoms with E-state index in [1.54, 1.807) is 42.9 Å². The molecule has 5 N–H and O–H groups in total. The zero-order valence-electron chi connectivity index (χ0n) is 14.3. The van der Waals surface area contributed by atoms with Gasteiger partial charge in [0.1, 0.15) is 5.69 Å². The largest absolute Gasteiger partial charge is 0.397 e. The molecule has 1 heterocycles. The van der Waals surface area contributed by atoms with Crippen molar-refractivity contribution in [3.8, 4) is 5.69 Å². The van der Waals surface area contributed by atoms with Crippen LogP contribution in [0.2, 0.25) is 0 Å². The second-order valence-electron chi connectivity index (χ2n) is 5.83. The third-order valence-corrected chi connectivity index (χ3v) is 5.51. The van der Waals surface area contributed by atoms with Crippen LogP contribution in [0.5, 0.6) is 0 Å². The van der Waals surface area contributed by atoms with Gasteiger partial charge in [0.2, 0.25) is 0 Å². The molecule has 0 unspecified atom stereocenters. The lowest BCUT2D eigenvalue weighted by atomic mass is 10.3. The van der Waals surface area contributed by atoms with Crippen LogP contribution in [0, 0.1) is 6.92 Å². The van der Waals surface area contributed by atoms with Gasteiger partial charge in [-0.25, -0.2) is 13.1 Å². The first-order valence-corrected chi connectivity index (χ1v) is 9.22.